The molecule has 0 aliphatic carbocycles. The van der Waals surface area contributed by atoms with Crippen molar-refractivity contribution < 1.29 is 105 Å². The summed E-state index contributed by atoms with van der Waals surface area (Å²) in [7, 11) is 0. The molecular weight excluding hydrogens is 790 g/mol. The minimum atomic E-state index is -11.4. The molecule has 0 spiro atoms. The Morgan fingerprint density at radius 3 is 0.596 bits per heavy atom. The second-order valence-electron chi connectivity index (χ2n) is 9.09. The molecule has 0 atom stereocenters. The van der Waals surface area contributed by atoms with Crippen LogP contribution >= 0.6 is 0 Å². The zero-order valence-electron chi connectivity index (χ0n) is 20.6. The molecular formula is C22F24Ga-. The van der Waals surface area contributed by atoms with E-state index >= 15 is 35.1 Å². The molecule has 47 heavy (non-hydrogen) atoms. The van der Waals surface area contributed by atoms with Gasteiger partial charge in [0.25, 0.3) is 0 Å². The summed E-state index contributed by atoms with van der Waals surface area (Å²) in [5, 5.41) is 0. The Morgan fingerprint density at radius 1 is 0.255 bits per heavy atom. The van der Waals surface area contributed by atoms with Gasteiger partial charge in [-0.15, -0.1) is 0 Å². The number of alkyl halides is 9. The van der Waals surface area contributed by atoms with Crippen molar-refractivity contribution in [3.63, 3.8) is 0 Å². The Kier molecular flexibility index (Phi) is 9.20. The molecule has 0 nitrogen and oxygen atoms in total. The van der Waals surface area contributed by atoms with E-state index in [0.29, 0.717) is 0 Å². The Morgan fingerprint density at radius 2 is 0.426 bits per heavy atom. The molecule has 0 amide bonds. The van der Waals surface area contributed by atoms with Crippen molar-refractivity contribution >= 4 is 27.4 Å². The summed E-state index contributed by atoms with van der Waals surface area (Å²) in [4.78, 5) is 0. The minimum absolute atomic E-state index is 3.67. The molecule has 0 aromatic heterocycles. The summed E-state index contributed by atoms with van der Waals surface area (Å²) >= 11 is -11.4. The number of benzene rings is 3. The molecule has 0 saturated heterocycles. The fraction of sp³-hybridized carbons (Fsp3) is 0.182. The Balaban J connectivity index is 3.11. The van der Waals surface area contributed by atoms with Crippen LogP contribution in [0.15, 0.2) is 0 Å². The summed E-state index contributed by atoms with van der Waals surface area (Å²) in [6.07, 6.45) is -8.14. The zero-order valence-corrected chi connectivity index (χ0v) is 23.1. The summed E-state index contributed by atoms with van der Waals surface area (Å²) in [6.45, 7) is 0. The molecule has 0 bridgehead atoms. The average molecular weight is 790 g/mol. The number of halogens is 24. The van der Waals surface area contributed by atoms with E-state index in [0.717, 1.165) is 0 Å². The van der Waals surface area contributed by atoms with Crippen molar-refractivity contribution in [3.8, 4) is 0 Å². The second kappa shape index (κ2) is 11.4. The average Bonchev–Trinajstić information content (AvgIpc) is 2.97. The molecule has 0 unspecified atom stereocenters. The Hall–Kier alpha value is -3.38. The van der Waals surface area contributed by atoms with Crippen LogP contribution in [0.5, 0.6) is 0 Å². The van der Waals surface area contributed by atoms with E-state index in [1.807, 2.05) is 0 Å². The van der Waals surface area contributed by atoms with Gasteiger partial charge in [0.15, 0.2) is 0 Å². The molecule has 0 aliphatic heterocycles. The van der Waals surface area contributed by atoms with E-state index in [2.05, 4.69) is 0 Å². The van der Waals surface area contributed by atoms with Crippen molar-refractivity contribution in [1.82, 2.24) is 0 Å². The van der Waals surface area contributed by atoms with Gasteiger partial charge in [0.1, 0.15) is 0 Å². The third kappa shape index (κ3) is 4.68. The van der Waals surface area contributed by atoms with Gasteiger partial charge in [0.05, 0.1) is 0 Å². The van der Waals surface area contributed by atoms with Gasteiger partial charge >= 0.3 is 243 Å². The Bertz CT molecular complexity index is 1550. The maximum absolute atomic E-state index is 16.1. The predicted molar refractivity (Wildman–Crippen MR) is 104 cm³/mol. The summed E-state index contributed by atoms with van der Waals surface area (Å²) < 4.78 is 325. The first-order valence-corrected chi connectivity index (χ1v) is 15.8. The van der Waals surface area contributed by atoms with Crippen LogP contribution in [0.1, 0.15) is 0 Å². The first-order chi connectivity index (χ1) is 21.0. The molecule has 0 N–H and O–H groups in total. The summed E-state index contributed by atoms with van der Waals surface area (Å²) in [6, 6.07) is 0. The third-order valence-electron chi connectivity index (χ3n) is 6.74. The van der Waals surface area contributed by atoms with Crippen LogP contribution in [0.4, 0.5) is 105 Å². The van der Waals surface area contributed by atoms with E-state index in [4.69, 9.17) is 0 Å². The van der Waals surface area contributed by atoms with Crippen LogP contribution in [0.2, 0.25) is 0 Å². The quantitative estimate of drug-likeness (QED) is 0.107. The van der Waals surface area contributed by atoms with E-state index in [1.54, 1.807) is 0 Å². The first kappa shape index (κ1) is 38.1. The molecule has 3 rings (SSSR count). The van der Waals surface area contributed by atoms with Crippen LogP contribution in [0, 0.1) is 87.3 Å². The van der Waals surface area contributed by atoms with Gasteiger partial charge in [-0.25, -0.2) is 0 Å². The van der Waals surface area contributed by atoms with Gasteiger partial charge in [0.2, 0.25) is 0 Å². The van der Waals surface area contributed by atoms with Gasteiger partial charge in [-0.1, -0.05) is 0 Å². The van der Waals surface area contributed by atoms with Gasteiger partial charge in [-0.2, -0.15) is 0 Å². The normalized spacial score (nSPS) is 13.5. The zero-order chi connectivity index (χ0) is 36.9. The fourth-order valence-electron chi connectivity index (χ4n) is 4.64. The standard InChI is InChI=1S/3C6F5.C4F9.Ga/c3*7-2-1-3(8)5(10)6(11)4(2)9;5-1(6)2(7,8)3(9,10)4(11,12)13;/q;;;;-1. The Labute approximate surface area is 243 Å². The van der Waals surface area contributed by atoms with Crippen molar-refractivity contribution in [2.45, 2.75) is 22.5 Å². The maximum atomic E-state index is 16.1. The molecule has 25 heteroatoms. The van der Waals surface area contributed by atoms with Crippen LogP contribution in [0.3, 0.4) is 0 Å². The molecule has 0 aliphatic rings. The van der Waals surface area contributed by atoms with E-state index in [9.17, 15) is 70.2 Å². The van der Waals surface area contributed by atoms with Gasteiger partial charge in [-0.05, 0) is 0 Å². The number of rotatable bonds is 6. The number of hydrogen-bond acceptors (Lipinski definition) is 0. The summed E-state index contributed by atoms with van der Waals surface area (Å²) in [5.41, 5.74) is 0. The fourth-order valence-corrected chi connectivity index (χ4v) is 16.6. The molecule has 0 fully saturated rings. The predicted octanol–water partition coefficient (Wildman–Crippen LogP) is 7.25. The van der Waals surface area contributed by atoms with Crippen LogP contribution in [-0.2, 0) is 0 Å². The summed E-state index contributed by atoms with van der Waals surface area (Å²) in [5.74, 6) is -78.0. The van der Waals surface area contributed by atoms with Crippen LogP contribution in [-0.4, -0.2) is 37.5 Å². The van der Waals surface area contributed by atoms with Gasteiger partial charge in [-0.3, -0.25) is 0 Å². The molecule has 3 aromatic rings. The number of hydrogen-bond donors (Lipinski definition) is 0. The van der Waals surface area contributed by atoms with E-state index in [-0.39, 0.29) is 0 Å². The first-order valence-electron chi connectivity index (χ1n) is 10.9. The molecule has 0 radical (unpaired) electrons. The van der Waals surface area contributed by atoms with E-state index < -0.39 is 137 Å². The molecule has 0 saturated carbocycles. The van der Waals surface area contributed by atoms with Crippen molar-refractivity contribution in [2.75, 3.05) is 0 Å². The SMILES string of the molecule is Fc1c(F)c(F)[c]([Ga-]([c]2c(F)c(F)c(F)c(F)c2F)([c]2c(F)c(F)c(F)c(F)c2F)[C](F)(F)C(F)(F)C(F)(F)C(F)(F)F)c(F)c1F. The monoisotopic (exact) mass is 789 g/mol. The van der Waals surface area contributed by atoms with Crippen molar-refractivity contribution in [3.05, 3.63) is 87.3 Å². The molecule has 3 aromatic carbocycles. The van der Waals surface area contributed by atoms with E-state index in [1.165, 1.54) is 0 Å². The second-order valence-corrected chi connectivity index (χ2v) is 17.9. The third-order valence-corrected chi connectivity index (χ3v) is 18.4. The van der Waals surface area contributed by atoms with Crippen LogP contribution < -0.4 is 12.4 Å². The van der Waals surface area contributed by atoms with Crippen molar-refractivity contribution in [2.24, 2.45) is 0 Å². The molecule has 260 valence electrons. The van der Waals surface area contributed by atoms with Gasteiger partial charge in [0, 0.05) is 0 Å². The topological polar surface area (TPSA) is 0 Å². The van der Waals surface area contributed by atoms with Crippen molar-refractivity contribution in [1.29, 1.82) is 0 Å². The molecule has 0 heterocycles. The van der Waals surface area contributed by atoms with Gasteiger partial charge < -0.3 is 0 Å². The van der Waals surface area contributed by atoms with Crippen LogP contribution in [0.25, 0.3) is 0 Å².